The molecule has 0 aliphatic heterocycles. The number of benzene rings is 1. The highest BCUT2D eigenvalue weighted by atomic mass is 35.5. The first kappa shape index (κ1) is 25.3. The molecule has 0 heterocycles. The SMILES string of the molecule is CCNCc1ccccc1NC(=O)CCS(=O)(=O)NCC(=O)NC(C)C.Cl. The van der Waals surface area contributed by atoms with E-state index in [0.29, 0.717) is 12.2 Å². The molecule has 27 heavy (non-hydrogen) atoms. The molecule has 0 radical (unpaired) electrons. The Morgan fingerprint density at radius 1 is 1.11 bits per heavy atom. The van der Waals surface area contributed by atoms with E-state index in [1.54, 1.807) is 26.0 Å². The number of rotatable bonds is 11. The zero-order valence-electron chi connectivity index (χ0n) is 15.9. The standard InChI is InChI=1S/C17H28N4O4S.ClH/c1-4-18-11-14-7-5-6-8-15(14)21-16(22)9-10-26(24,25)19-12-17(23)20-13(2)3;/h5-8,13,18-19H,4,9-12H2,1-3H3,(H,20,23)(H,21,22);1H. The minimum absolute atomic E-state index is 0. The number of para-hydroxylation sites is 1. The molecule has 10 heteroatoms. The van der Waals surface area contributed by atoms with Crippen LogP contribution in [0.15, 0.2) is 24.3 Å². The predicted octanol–water partition coefficient (Wildman–Crippen LogP) is 0.991. The highest BCUT2D eigenvalue weighted by Crippen LogP contribution is 2.15. The van der Waals surface area contributed by atoms with Crippen LogP contribution >= 0.6 is 12.4 Å². The van der Waals surface area contributed by atoms with Crippen molar-refractivity contribution in [3.05, 3.63) is 29.8 Å². The van der Waals surface area contributed by atoms with E-state index in [9.17, 15) is 18.0 Å². The van der Waals surface area contributed by atoms with Gasteiger partial charge >= 0.3 is 0 Å². The number of hydrogen-bond acceptors (Lipinski definition) is 5. The average molecular weight is 421 g/mol. The Kier molecular flexibility index (Phi) is 11.9. The van der Waals surface area contributed by atoms with Crippen molar-refractivity contribution in [1.82, 2.24) is 15.4 Å². The lowest BCUT2D eigenvalue weighted by atomic mass is 10.1. The van der Waals surface area contributed by atoms with Gasteiger partial charge in [-0.2, -0.15) is 0 Å². The van der Waals surface area contributed by atoms with Gasteiger partial charge in [0.15, 0.2) is 0 Å². The number of carbonyl (C=O) groups is 2. The van der Waals surface area contributed by atoms with E-state index in [1.807, 2.05) is 19.1 Å². The van der Waals surface area contributed by atoms with Crippen LogP contribution in [0.1, 0.15) is 32.8 Å². The smallest absolute Gasteiger partial charge is 0.235 e. The fourth-order valence-corrected chi connectivity index (χ4v) is 3.07. The van der Waals surface area contributed by atoms with E-state index in [4.69, 9.17) is 0 Å². The van der Waals surface area contributed by atoms with Gasteiger partial charge in [0, 0.05) is 24.7 Å². The predicted molar refractivity (Wildman–Crippen MR) is 109 cm³/mol. The number of amides is 2. The summed E-state index contributed by atoms with van der Waals surface area (Å²) in [6.07, 6.45) is -0.198. The molecule has 0 atom stereocenters. The van der Waals surface area contributed by atoms with Crippen LogP contribution in [-0.2, 0) is 26.2 Å². The molecular weight excluding hydrogens is 392 g/mol. The van der Waals surface area contributed by atoms with E-state index in [-0.39, 0.29) is 37.2 Å². The molecule has 0 bridgehead atoms. The fourth-order valence-electron chi connectivity index (χ4n) is 2.12. The van der Waals surface area contributed by atoms with Crippen LogP contribution in [-0.4, -0.2) is 45.1 Å². The van der Waals surface area contributed by atoms with Crippen molar-refractivity contribution in [3.63, 3.8) is 0 Å². The molecule has 0 saturated carbocycles. The summed E-state index contributed by atoms with van der Waals surface area (Å²) in [5.41, 5.74) is 1.58. The number of carbonyl (C=O) groups excluding carboxylic acids is 2. The van der Waals surface area contributed by atoms with Crippen LogP contribution < -0.4 is 20.7 Å². The second kappa shape index (κ2) is 12.7. The summed E-state index contributed by atoms with van der Waals surface area (Å²) in [5, 5.41) is 8.50. The lowest BCUT2D eigenvalue weighted by Crippen LogP contribution is -2.40. The van der Waals surface area contributed by atoms with E-state index < -0.39 is 21.8 Å². The van der Waals surface area contributed by atoms with E-state index in [0.717, 1.165) is 12.1 Å². The van der Waals surface area contributed by atoms with Crippen molar-refractivity contribution in [2.24, 2.45) is 0 Å². The summed E-state index contributed by atoms with van der Waals surface area (Å²) in [7, 11) is -3.71. The van der Waals surface area contributed by atoms with E-state index >= 15 is 0 Å². The van der Waals surface area contributed by atoms with Crippen LogP contribution in [0, 0.1) is 0 Å². The maximum absolute atomic E-state index is 12.1. The molecule has 0 fully saturated rings. The monoisotopic (exact) mass is 420 g/mol. The maximum Gasteiger partial charge on any atom is 0.235 e. The van der Waals surface area contributed by atoms with Gasteiger partial charge in [-0.05, 0) is 32.0 Å². The van der Waals surface area contributed by atoms with Crippen molar-refractivity contribution in [2.75, 3.05) is 24.2 Å². The zero-order chi connectivity index (χ0) is 19.6. The minimum atomic E-state index is -3.71. The molecular formula is C17H29ClN4O4S. The molecule has 1 aromatic rings. The molecule has 0 aliphatic carbocycles. The van der Waals surface area contributed by atoms with Gasteiger partial charge in [-0.3, -0.25) is 9.59 Å². The van der Waals surface area contributed by atoms with Gasteiger partial charge in [-0.1, -0.05) is 25.1 Å². The minimum Gasteiger partial charge on any atom is -0.353 e. The second-order valence-corrected chi connectivity index (χ2v) is 8.02. The highest BCUT2D eigenvalue weighted by molar-refractivity contribution is 7.89. The third-order valence-electron chi connectivity index (χ3n) is 3.36. The van der Waals surface area contributed by atoms with Crippen LogP contribution in [0.5, 0.6) is 0 Å². The maximum atomic E-state index is 12.1. The van der Waals surface area contributed by atoms with Crippen molar-refractivity contribution in [2.45, 2.75) is 39.8 Å². The normalized spacial score (nSPS) is 11.0. The highest BCUT2D eigenvalue weighted by Gasteiger charge is 2.15. The van der Waals surface area contributed by atoms with E-state index in [1.165, 1.54) is 0 Å². The van der Waals surface area contributed by atoms with Gasteiger partial charge in [0.25, 0.3) is 0 Å². The Bertz CT molecular complexity index is 711. The lowest BCUT2D eigenvalue weighted by Gasteiger charge is -2.12. The van der Waals surface area contributed by atoms with Crippen molar-refractivity contribution in [3.8, 4) is 0 Å². The number of anilines is 1. The summed E-state index contributed by atoms with van der Waals surface area (Å²) in [4.78, 5) is 23.5. The fraction of sp³-hybridized carbons (Fsp3) is 0.529. The Morgan fingerprint density at radius 3 is 2.41 bits per heavy atom. The van der Waals surface area contributed by atoms with Gasteiger partial charge in [0.1, 0.15) is 0 Å². The lowest BCUT2D eigenvalue weighted by molar-refractivity contribution is -0.120. The Balaban J connectivity index is 0.00000676. The van der Waals surface area contributed by atoms with Crippen LogP contribution in [0.25, 0.3) is 0 Å². The number of nitrogens with one attached hydrogen (secondary N) is 4. The third kappa shape index (κ3) is 10.9. The van der Waals surface area contributed by atoms with E-state index in [2.05, 4.69) is 20.7 Å². The van der Waals surface area contributed by atoms with Crippen LogP contribution in [0.3, 0.4) is 0 Å². The van der Waals surface area contributed by atoms with Crippen LogP contribution in [0.4, 0.5) is 5.69 Å². The van der Waals surface area contributed by atoms with Crippen molar-refractivity contribution < 1.29 is 18.0 Å². The summed E-state index contributed by atoms with van der Waals surface area (Å²) in [5.74, 6) is -1.19. The zero-order valence-corrected chi connectivity index (χ0v) is 17.5. The van der Waals surface area contributed by atoms with Gasteiger partial charge in [0.05, 0.1) is 12.3 Å². The summed E-state index contributed by atoms with van der Waals surface area (Å²) in [6.45, 7) is 6.62. The van der Waals surface area contributed by atoms with Crippen molar-refractivity contribution in [1.29, 1.82) is 0 Å². The van der Waals surface area contributed by atoms with Gasteiger partial charge in [-0.25, -0.2) is 13.1 Å². The molecule has 154 valence electrons. The third-order valence-corrected chi connectivity index (χ3v) is 4.68. The summed E-state index contributed by atoms with van der Waals surface area (Å²) in [6, 6.07) is 7.27. The topological polar surface area (TPSA) is 116 Å². The average Bonchev–Trinajstić information content (AvgIpc) is 2.57. The quantitative estimate of drug-likeness (QED) is 0.426. The number of sulfonamides is 1. The largest absolute Gasteiger partial charge is 0.353 e. The first-order chi connectivity index (χ1) is 12.2. The van der Waals surface area contributed by atoms with Crippen LogP contribution in [0.2, 0.25) is 0 Å². The molecule has 0 unspecified atom stereocenters. The van der Waals surface area contributed by atoms with Gasteiger partial charge in [0.2, 0.25) is 21.8 Å². The molecule has 0 aliphatic rings. The summed E-state index contributed by atoms with van der Waals surface area (Å²) < 4.78 is 26.0. The first-order valence-corrected chi connectivity index (χ1v) is 10.2. The molecule has 2 amide bonds. The first-order valence-electron chi connectivity index (χ1n) is 8.58. The molecule has 8 nitrogen and oxygen atoms in total. The molecule has 0 aromatic heterocycles. The Hall–Kier alpha value is -1.68. The molecule has 1 aromatic carbocycles. The molecule has 4 N–H and O–H groups in total. The number of halogens is 1. The number of hydrogen-bond donors (Lipinski definition) is 4. The Morgan fingerprint density at radius 2 is 1.78 bits per heavy atom. The molecule has 0 spiro atoms. The molecule has 1 rings (SSSR count). The molecule has 0 saturated heterocycles. The van der Waals surface area contributed by atoms with Crippen molar-refractivity contribution >= 4 is 39.9 Å². The Labute approximate surface area is 167 Å². The second-order valence-electron chi connectivity index (χ2n) is 6.10. The summed E-state index contributed by atoms with van der Waals surface area (Å²) >= 11 is 0. The van der Waals surface area contributed by atoms with Gasteiger partial charge in [-0.15, -0.1) is 12.4 Å². The van der Waals surface area contributed by atoms with Gasteiger partial charge < -0.3 is 16.0 Å².